The molecule has 1 aliphatic rings. The Morgan fingerprint density at radius 2 is 2.09 bits per heavy atom. The van der Waals surface area contributed by atoms with Crippen LogP contribution in [0.15, 0.2) is 24.3 Å². The molecule has 2 rings (SSSR count). The van der Waals surface area contributed by atoms with E-state index in [4.69, 9.17) is 4.74 Å². The summed E-state index contributed by atoms with van der Waals surface area (Å²) < 4.78 is 45.6. The monoisotopic (exact) mass is 349 g/mol. The molecule has 1 fully saturated rings. The topological polar surface area (TPSA) is 47.6 Å². The van der Waals surface area contributed by atoms with Gasteiger partial charge in [-0.15, -0.1) is 13.2 Å². The summed E-state index contributed by atoms with van der Waals surface area (Å²) in [7, 11) is 0. The van der Waals surface area contributed by atoms with Crippen LogP contribution in [-0.4, -0.2) is 43.0 Å². The molecule has 0 spiro atoms. The number of thioether (sulfide) groups is 1. The standard InChI is InChI=1S/C15H18F3NO3S/c16-15(17,18)22-12-3-1-2-11(10-12)14(20)19-6-9-23-13-4-7-21-8-5-13/h1-3,10,13H,4-9H2,(H,19,20). The first-order chi connectivity index (χ1) is 10.9. The second-order valence-electron chi connectivity index (χ2n) is 5.01. The molecule has 1 aromatic rings. The summed E-state index contributed by atoms with van der Waals surface area (Å²) in [5, 5.41) is 3.25. The smallest absolute Gasteiger partial charge is 0.406 e. The lowest BCUT2D eigenvalue weighted by Crippen LogP contribution is -2.27. The molecule has 4 nitrogen and oxygen atoms in total. The van der Waals surface area contributed by atoms with Crippen molar-refractivity contribution in [1.82, 2.24) is 5.32 Å². The molecular formula is C15H18F3NO3S. The number of hydrogen-bond acceptors (Lipinski definition) is 4. The number of benzene rings is 1. The van der Waals surface area contributed by atoms with E-state index < -0.39 is 18.0 Å². The lowest BCUT2D eigenvalue weighted by molar-refractivity contribution is -0.274. The number of nitrogens with one attached hydrogen (secondary N) is 1. The fraction of sp³-hybridized carbons (Fsp3) is 0.533. The van der Waals surface area contributed by atoms with E-state index in [1.165, 1.54) is 12.1 Å². The maximum atomic E-state index is 12.2. The Kier molecular flexibility index (Phi) is 6.59. The van der Waals surface area contributed by atoms with Crippen molar-refractivity contribution in [3.8, 4) is 5.75 Å². The van der Waals surface area contributed by atoms with Crippen molar-refractivity contribution in [2.75, 3.05) is 25.5 Å². The third kappa shape index (κ3) is 6.70. The first-order valence-corrected chi connectivity index (χ1v) is 8.32. The van der Waals surface area contributed by atoms with Gasteiger partial charge < -0.3 is 14.8 Å². The van der Waals surface area contributed by atoms with E-state index in [9.17, 15) is 18.0 Å². The average molecular weight is 349 g/mol. The van der Waals surface area contributed by atoms with Crippen LogP contribution in [0.2, 0.25) is 0 Å². The van der Waals surface area contributed by atoms with E-state index in [0.29, 0.717) is 11.8 Å². The lowest BCUT2D eigenvalue weighted by Gasteiger charge is -2.21. The second kappa shape index (κ2) is 8.44. The highest BCUT2D eigenvalue weighted by Gasteiger charge is 2.31. The van der Waals surface area contributed by atoms with Gasteiger partial charge in [-0.1, -0.05) is 6.07 Å². The van der Waals surface area contributed by atoms with E-state index in [1.54, 1.807) is 11.8 Å². The van der Waals surface area contributed by atoms with Gasteiger partial charge in [-0.3, -0.25) is 4.79 Å². The summed E-state index contributed by atoms with van der Waals surface area (Å²) in [5.74, 6) is -0.0539. The molecule has 0 bridgehead atoms. The van der Waals surface area contributed by atoms with Crippen LogP contribution >= 0.6 is 11.8 Å². The first kappa shape index (κ1) is 17.9. The molecular weight excluding hydrogens is 331 g/mol. The molecule has 0 radical (unpaired) electrons. The third-order valence-electron chi connectivity index (χ3n) is 3.24. The van der Waals surface area contributed by atoms with Crippen LogP contribution in [0.3, 0.4) is 0 Å². The van der Waals surface area contributed by atoms with Gasteiger partial charge in [-0.25, -0.2) is 0 Å². The Balaban J connectivity index is 1.75. The van der Waals surface area contributed by atoms with E-state index in [-0.39, 0.29) is 5.56 Å². The minimum absolute atomic E-state index is 0.141. The molecule has 0 saturated carbocycles. The van der Waals surface area contributed by atoms with Gasteiger partial charge >= 0.3 is 6.36 Å². The zero-order valence-electron chi connectivity index (χ0n) is 12.4. The van der Waals surface area contributed by atoms with Crippen LogP contribution in [0.1, 0.15) is 23.2 Å². The Morgan fingerprint density at radius 3 is 2.78 bits per heavy atom. The van der Waals surface area contributed by atoms with Crippen molar-refractivity contribution in [2.45, 2.75) is 24.5 Å². The number of carbonyl (C=O) groups is 1. The quantitative estimate of drug-likeness (QED) is 0.801. The fourth-order valence-corrected chi connectivity index (χ4v) is 3.25. The molecule has 1 heterocycles. The van der Waals surface area contributed by atoms with Gasteiger partial charge in [0.05, 0.1) is 0 Å². The van der Waals surface area contributed by atoms with Crippen molar-refractivity contribution >= 4 is 17.7 Å². The van der Waals surface area contributed by atoms with E-state index in [1.807, 2.05) is 0 Å². The molecule has 1 N–H and O–H groups in total. The zero-order valence-corrected chi connectivity index (χ0v) is 13.2. The number of halogens is 3. The molecule has 1 saturated heterocycles. The van der Waals surface area contributed by atoms with Gasteiger partial charge in [0.15, 0.2) is 0 Å². The molecule has 0 aliphatic carbocycles. The summed E-state index contributed by atoms with van der Waals surface area (Å²) >= 11 is 1.78. The molecule has 1 aromatic carbocycles. The van der Waals surface area contributed by atoms with Crippen molar-refractivity contribution in [3.05, 3.63) is 29.8 Å². The molecule has 0 atom stereocenters. The molecule has 1 amide bonds. The Bertz CT molecular complexity index is 519. The average Bonchev–Trinajstić information content (AvgIpc) is 2.51. The zero-order chi connectivity index (χ0) is 16.7. The molecule has 1 aliphatic heterocycles. The highest BCUT2D eigenvalue weighted by atomic mass is 32.2. The van der Waals surface area contributed by atoms with Gasteiger partial charge in [0, 0.05) is 36.3 Å². The third-order valence-corrected chi connectivity index (χ3v) is 4.62. The predicted octanol–water partition coefficient (Wildman–Crippen LogP) is 3.23. The van der Waals surface area contributed by atoms with E-state index >= 15 is 0 Å². The summed E-state index contributed by atoms with van der Waals surface area (Å²) in [6.07, 6.45) is -2.75. The van der Waals surface area contributed by atoms with E-state index in [2.05, 4.69) is 10.1 Å². The van der Waals surface area contributed by atoms with E-state index in [0.717, 1.165) is 43.9 Å². The number of ether oxygens (including phenoxy) is 2. The second-order valence-corrected chi connectivity index (χ2v) is 6.42. The van der Waals surface area contributed by atoms with Crippen LogP contribution in [-0.2, 0) is 4.74 Å². The number of carbonyl (C=O) groups excluding carboxylic acids is 1. The Morgan fingerprint density at radius 1 is 1.35 bits per heavy atom. The lowest BCUT2D eigenvalue weighted by atomic mass is 10.2. The summed E-state index contributed by atoms with van der Waals surface area (Å²) in [5.41, 5.74) is 0.141. The Labute approximate surface area is 136 Å². The minimum Gasteiger partial charge on any atom is -0.406 e. The number of hydrogen-bond donors (Lipinski definition) is 1. The van der Waals surface area contributed by atoms with Gasteiger partial charge in [-0.05, 0) is 31.0 Å². The Hall–Kier alpha value is -1.41. The summed E-state index contributed by atoms with van der Waals surface area (Å²) in [4.78, 5) is 11.9. The van der Waals surface area contributed by atoms with Crippen LogP contribution in [0.4, 0.5) is 13.2 Å². The van der Waals surface area contributed by atoms with Gasteiger partial charge in [0.2, 0.25) is 0 Å². The number of rotatable bonds is 6. The van der Waals surface area contributed by atoms with Crippen LogP contribution in [0.25, 0.3) is 0 Å². The molecule has 128 valence electrons. The predicted molar refractivity (Wildman–Crippen MR) is 81.8 cm³/mol. The van der Waals surface area contributed by atoms with Crippen molar-refractivity contribution in [1.29, 1.82) is 0 Å². The van der Waals surface area contributed by atoms with Gasteiger partial charge in [0.25, 0.3) is 5.91 Å². The minimum atomic E-state index is -4.77. The molecule has 23 heavy (non-hydrogen) atoms. The SMILES string of the molecule is O=C(NCCSC1CCOCC1)c1cccc(OC(F)(F)F)c1. The molecule has 0 unspecified atom stereocenters. The normalized spacial score (nSPS) is 16.1. The highest BCUT2D eigenvalue weighted by molar-refractivity contribution is 7.99. The highest BCUT2D eigenvalue weighted by Crippen LogP contribution is 2.23. The summed E-state index contributed by atoms with van der Waals surface area (Å²) in [6.45, 7) is 2.01. The van der Waals surface area contributed by atoms with Crippen molar-refractivity contribution in [2.24, 2.45) is 0 Å². The van der Waals surface area contributed by atoms with Gasteiger partial charge in [-0.2, -0.15) is 11.8 Å². The van der Waals surface area contributed by atoms with Crippen LogP contribution in [0.5, 0.6) is 5.75 Å². The van der Waals surface area contributed by atoms with Crippen LogP contribution in [0, 0.1) is 0 Å². The molecule has 8 heteroatoms. The number of alkyl halides is 3. The largest absolute Gasteiger partial charge is 0.573 e. The maximum Gasteiger partial charge on any atom is 0.573 e. The van der Waals surface area contributed by atoms with Gasteiger partial charge in [0.1, 0.15) is 5.75 Å². The fourth-order valence-electron chi connectivity index (χ4n) is 2.17. The molecule has 0 aromatic heterocycles. The number of amides is 1. The maximum absolute atomic E-state index is 12.2. The van der Waals surface area contributed by atoms with Crippen molar-refractivity contribution < 1.29 is 27.4 Å². The first-order valence-electron chi connectivity index (χ1n) is 7.27. The van der Waals surface area contributed by atoms with Crippen LogP contribution < -0.4 is 10.1 Å². The summed E-state index contributed by atoms with van der Waals surface area (Å²) in [6, 6.07) is 5.04. The van der Waals surface area contributed by atoms with Crippen molar-refractivity contribution in [3.63, 3.8) is 0 Å².